The van der Waals surface area contributed by atoms with E-state index in [1.165, 1.54) is 0 Å². The van der Waals surface area contributed by atoms with Crippen molar-refractivity contribution in [2.75, 3.05) is 20.1 Å². The van der Waals surface area contributed by atoms with Crippen molar-refractivity contribution in [3.63, 3.8) is 0 Å². The molecule has 6 nitrogen and oxygen atoms in total. The second-order valence-corrected chi connectivity index (χ2v) is 4.01. The minimum Gasteiger partial charge on any atom is -0.392 e. The number of nitrogens with one attached hydrogen (secondary N) is 2. The molecule has 0 radical (unpaired) electrons. The first kappa shape index (κ1) is 13.4. The number of nitrogens with zero attached hydrogens (tertiary/aromatic N) is 1. The largest absolute Gasteiger partial charge is 0.392 e. The molecule has 0 spiro atoms. The molecule has 2 amide bonds. The van der Waals surface area contributed by atoms with Crippen LogP contribution in [0.3, 0.4) is 0 Å². The fourth-order valence-electron chi connectivity index (χ4n) is 1.47. The number of carbonyl (C=O) groups excluding carboxylic acids is 2. The molecule has 0 aliphatic carbocycles. The summed E-state index contributed by atoms with van der Waals surface area (Å²) in [5.41, 5.74) is 0.344. The van der Waals surface area contributed by atoms with E-state index in [1.54, 1.807) is 37.2 Å². The molecule has 1 unspecified atom stereocenters. The van der Waals surface area contributed by atoms with Crippen LogP contribution in [0.4, 0.5) is 0 Å². The Hall–Kier alpha value is -1.66. The van der Waals surface area contributed by atoms with Crippen LogP contribution in [-0.4, -0.2) is 53.0 Å². The number of hydrogen-bond donors (Lipinski definition) is 3. The van der Waals surface area contributed by atoms with E-state index in [1.807, 2.05) is 0 Å². The minimum atomic E-state index is -0.507. The van der Waals surface area contributed by atoms with E-state index in [4.69, 9.17) is 5.11 Å². The number of hydrogen-bond acceptors (Lipinski definition) is 4. The van der Waals surface area contributed by atoms with Crippen molar-refractivity contribution < 1.29 is 14.7 Å². The fraction of sp³-hybridized carbons (Fsp3) is 0.455. The van der Waals surface area contributed by atoms with Gasteiger partial charge in [-0.2, -0.15) is 0 Å². The van der Waals surface area contributed by atoms with Crippen molar-refractivity contribution in [2.45, 2.75) is 13.0 Å². The summed E-state index contributed by atoms with van der Waals surface area (Å²) in [4.78, 5) is 27.3. The van der Waals surface area contributed by atoms with Crippen LogP contribution in [0, 0.1) is 0 Å². The van der Waals surface area contributed by atoms with E-state index in [0.717, 1.165) is 0 Å². The summed E-state index contributed by atoms with van der Waals surface area (Å²) in [7, 11) is 1.70. The summed E-state index contributed by atoms with van der Waals surface area (Å²) in [6.07, 6.45) is 1.10. The Morgan fingerprint density at radius 3 is 2.82 bits per heavy atom. The van der Waals surface area contributed by atoms with Crippen molar-refractivity contribution in [1.29, 1.82) is 0 Å². The molecule has 1 aromatic heterocycles. The van der Waals surface area contributed by atoms with Gasteiger partial charge in [-0.15, -0.1) is 0 Å². The highest BCUT2D eigenvalue weighted by atomic mass is 16.3. The van der Waals surface area contributed by atoms with Gasteiger partial charge < -0.3 is 10.1 Å². The molecule has 1 atom stereocenters. The lowest BCUT2D eigenvalue weighted by atomic mass is 10.3. The molecular weight excluding hydrogens is 222 g/mol. The van der Waals surface area contributed by atoms with Gasteiger partial charge in [-0.25, -0.2) is 0 Å². The lowest BCUT2D eigenvalue weighted by Crippen LogP contribution is -2.40. The molecule has 0 saturated heterocycles. The number of aromatic amines is 1. The summed E-state index contributed by atoms with van der Waals surface area (Å²) in [5, 5.41) is 11.4. The third kappa shape index (κ3) is 4.80. The Kier molecular flexibility index (Phi) is 4.86. The summed E-state index contributed by atoms with van der Waals surface area (Å²) in [5.74, 6) is -0.849. The number of carbonyl (C=O) groups is 2. The monoisotopic (exact) mass is 239 g/mol. The quantitative estimate of drug-likeness (QED) is 0.651. The number of amides is 2. The van der Waals surface area contributed by atoms with Crippen LogP contribution in [0.25, 0.3) is 0 Å². The number of aliphatic hydroxyl groups excluding tert-OH is 1. The number of H-pyrrole nitrogens is 1. The average Bonchev–Trinajstić information content (AvgIpc) is 2.67. The van der Waals surface area contributed by atoms with Gasteiger partial charge in [-0.05, 0) is 26.1 Å². The normalized spacial score (nSPS) is 12.5. The number of aliphatic hydroxyl groups is 1. The second kappa shape index (κ2) is 6.17. The second-order valence-electron chi connectivity index (χ2n) is 4.01. The van der Waals surface area contributed by atoms with Crippen molar-refractivity contribution in [1.82, 2.24) is 15.2 Å². The van der Waals surface area contributed by atoms with E-state index in [2.05, 4.69) is 10.3 Å². The van der Waals surface area contributed by atoms with Crippen LogP contribution in [0.15, 0.2) is 18.3 Å². The van der Waals surface area contributed by atoms with Gasteiger partial charge in [-0.1, -0.05) is 0 Å². The highest BCUT2D eigenvalue weighted by Crippen LogP contribution is 1.94. The van der Waals surface area contributed by atoms with Crippen LogP contribution >= 0.6 is 0 Å². The van der Waals surface area contributed by atoms with Crippen LogP contribution in [-0.2, 0) is 4.79 Å². The maximum atomic E-state index is 11.5. The van der Waals surface area contributed by atoms with E-state index in [9.17, 15) is 9.59 Å². The molecule has 1 heterocycles. The SMILES string of the molecule is CC(O)CN(C)CC(=O)NC(=O)c1ccc[nH]1. The lowest BCUT2D eigenvalue weighted by molar-refractivity contribution is -0.121. The fourth-order valence-corrected chi connectivity index (χ4v) is 1.47. The summed E-state index contributed by atoms with van der Waals surface area (Å²) >= 11 is 0. The average molecular weight is 239 g/mol. The van der Waals surface area contributed by atoms with Gasteiger partial charge >= 0.3 is 0 Å². The minimum absolute atomic E-state index is 0.0668. The molecule has 17 heavy (non-hydrogen) atoms. The molecule has 1 aromatic rings. The van der Waals surface area contributed by atoms with Gasteiger partial charge in [0.25, 0.3) is 5.91 Å². The van der Waals surface area contributed by atoms with Crippen LogP contribution in [0.1, 0.15) is 17.4 Å². The molecule has 94 valence electrons. The zero-order valence-electron chi connectivity index (χ0n) is 9.93. The number of imide groups is 1. The molecule has 1 rings (SSSR count). The Morgan fingerprint density at radius 2 is 2.29 bits per heavy atom. The Balaban J connectivity index is 2.37. The van der Waals surface area contributed by atoms with Crippen LogP contribution in [0.5, 0.6) is 0 Å². The zero-order chi connectivity index (χ0) is 12.8. The molecule has 0 aliphatic rings. The lowest BCUT2D eigenvalue weighted by Gasteiger charge is -2.17. The third-order valence-corrected chi connectivity index (χ3v) is 2.08. The van der Waals surface area contributed by atoms with Crippen molar-refractivity contribution in [3.05, 3.63) is 24.0 Å². The number of rotatable bonds is 5. The van der Waals surface area contributed by atoms with Crippen molar-refractivity contribution in [2.24, 2.45) is 0 Å². The Bertz CT molecular complexity index is 373. The summed E-state index contributed by atoms with van der Waals surface area (Å²) in [6, 6.07) is 3.26. The number of likely N-dealkylation sites (N-methyl/N-ethyl adjacent to an activating group) is 1. The third-order valence-electron chi connectivity index (χ3n) is 2.08. The topological polar surface area (TPSA) is 85.4 Å². The van der Waals surface area contributed by atoms with Gasteiger partial charge in [0.15, 0.2) is 0 Å². The molecular formula is C11H17N3O3. The number of aromatic nitrogens is 1. The standard InChI is InChI=1S/C11H17N3O3/c1-8(15)6-14(2)7-10(16)13-11(17)9-4-3-5-12-9/h3-5,8,12,15H,6-7H2,1-2H3,(H,13,16,17). The van der Waals surface area contributed by atoms with Crippen molar-refractivity contribution >= 4 is 11.8 Å². The predicted molar refractivity (Wildman–Crippen MR) is 62.4 cm³/mol. The van der Waals surface area contributed by atoms with Crippen molar-refractivity contribution in [3.8, 4) is 0 Å². The van der Waals surface area contributed by atoms with E-state index < -0.39 is 17.9 Å². The van der Waals surface area contributed by atoms with E-state index in [-0.39, 0.29) is 6.54 Å². The van der Waals surface area contributed by atoms with Gasteiger partial charge in [0, 0.05) is 12.7 Å². The molecule has 3 N–H and O–H groups in total. The first-order valence-electron chi connectivity index (χ1n) is 5.33. The molecule has 0 bridgehead atoms. The van der Waals surface area contributed by atoms with Gasteiger partial charge in [-0.3, -0.25) is 19.8 Å². The first-order chi connectivity index (χ1) is 7.99. The van der Waals surface area contributed by atoms with Gasteiger partial charge in [0.05, 0.1) is 12.6 Å². The van der Waals surface area contributed by atoms with Gasteiger partial charge in [0.2, 0.25) is 5.91 Å². The maximum Gasteiger partial charge on any atom is 0.274 e. The molecule has 0 fully saturated rings. The molecule has 0 saturated carbocycles. The predicted octanol–water partition coefficient (Wildman–Crippen LogP) is -0.416. The van der Waals surface area contributed by atoms with Crippen LogP contribution < -0.4 is 5.32 Å². The van der Waals surface area contributed by atoms with E-state index in [0.29, 0.717) is 12.2 Å². The zero-order valence-corrected chi connectivity index (χ0v) is 9.93. The smallest absolute Gasteiger partial charge is 0.274 e. The first-order valence-corrected chi connectivity index (χ1v) is 5.33. The molecule has 6 heteroatoms. The van der Waals surface area contributed by atoms with Crippen LogP contribution in [0.2, 0.25) is 0 Å². The molecule has 0 aliphatic heterocycles. The van der Waals surface area contributed by atoms with E-state index >= 15 is 0 Å². The highest BCUT2D eigenvalue weighted by Gasteiger charge is 2.13. The Labute approximate surface area is 99.6 Å². The Morgan fingerprint density at radius 1 is 1.59 bits per heavy atom. The highest BCUT2D eigenvalue weighted by molar-refractivity contribution is 6.04. The summed E-state index contributed by atoms with van der Waals surface area (Å²) < 4.78 is 0. The molecule has 0 aromatic carbocycles. The van der Waals surface area contributed by atoms with Gasteiger partial charge in [0.1, 0.15) is 5.69 Å². The summed E-state index contributed by atoms with van der Waals surface area (Å²) in [6.45, 7) is 2.08. The maximum absolute atomic E-state index is 11.5.